The zero-order chi connectivity index (χ0) is 25.5. The van der Waals surface area contributed by atoms with Crippen molar-refractivity contribution in [1.82, 2.24) is 4.98 Å². The van der Waals surface area contributed by atoms with Gasteiger partial charge in [-0.3, -0.25) is 0 Å². The molecule has 0 spiro atoms. The van der Waals surface area contributed by atoms with E-state index in [0.29, 0.717) is 0 Å². The highest BCUT2D eigenvalue weighted by Crippen LogP contribution is 2.49. The number of para-hydroxylation sites is 1. The molecule has 0 saturated heterocycles. The van der Waals surface area contributed by atoms with E-state index >= 15 is 0 Å². The van der Waals surface area contributed by atoms with Gasteiger partial charge in [-0.05, 0) is 67.9 Å². The van der Waals surface area contributed by atoms with Crippen molar-refractivity contribution in [3.63, 3.8) is 0 Å². The lowest BCUT2D eigenvalue weighted by atomic mass is 9.92. The number of hydrogen-bond donors (Lipinski definition) is 0. The lowest BCUT2D eigenvalue weighted by Crippen LogP contribution is -1.88. The maximum absolute atomic E-state index is 5.13. The van der Waals surface area contributed by atoms with Gasteiger partial charge in [-0.2, -0.15) is 0 Å². The molecule has 0 bridgehead atoms. The van der Waals surface area contributed by atoms with Gasteiger partial charge in [-0.25, -0.2) is 4.98 Å². The van der Waals surface area contributed by atoms with Gasteiger partial charge in [0.25, 0.3) is 0 Å². The van der Waals surface area contributed by atoms with Crippen LogP contribution in [0.5, 0.6) is 0 Å². The van der Waals surface area contributed by atoms with Crippen LogP contribution < -0.4 is 0 Å². The van der Waals surface area contributed by atoms with E-state index in [2.05, 4.69) is 127 Å². The van der Waals surface area contributed by atoms with E-state index in [0.717, 1.165) is 11.0 Å². The second-order valence-corrected chi connectivity index (χ2v) is 11.3. The number of benzene rings is 6. The first-order chi connectivity index (χ1) is 19.3. The van der Waals surface area contributed by atoms with Crippen LogP contribution in [0, 0.1) is 0 Å². The second kappa shape index (κ2) is 7.86. The van der Waals surface area contributed by atoms with Crippen molar-refractivity contribution in [2.75, 3.05) is 0 Å². The first kappa shape index (κ1) is 21.2. The Morgan fingerprint density at radius 1 is 0.462 bits per heavy atom. The minimum atomic E-state index is 1.04. The molecule has 0 N–H and O–H groups in total. The SMILES string of the molecule is c1cc(-c2ccc3c4c(cccc24)-c2ccccc2-3)cc(-c2c3ccccc3nc3c2sc2ccccc23)c1. The van der Waals surface area contributed by atoms with E-state index in [9.17, 15) is 0 Å². The van der Waals surface area contributed by atoms with E-state index in [1.807, 2.05) is 11.3 Å². The van der Waals surface area contributed by atoms with Crippen molar-refractivity contribution >= 4 is 53.3 Å². The molecule has 0 aliphatic heterocycles. The Morgan fingerprint density at radius 3 is 2.00 bits per heavy atom. The van der Waals surface area contributed by atoms with Crippen LogP contribution in [-0.4, -0.2) is 4.98 Å². The largest absolute Gasteiger partial charge is 0.246 e. The monoisotopic (exact) mass is 511 g/mol. The molecule has 2 heteroatoms. The maximum Gasteiger partial charge on any atom is 0.0902 e. The number of thiophene rings is 1. The minimum Gasteiger partial charge on any atom is -0.246 e. The van der Waals surface area contributed by atoms with Gasteiger partial charge in [0.05, 0.1) is 15.7 Å². The molecule has 180 valence electrons. The van der Waals surface area contributed by atoms with Gasteiger partial charge in [0, 0.05) is 21.0 Å². The highest BCUT2D eigenvalue weighted by atomic mass is 32.1. The van der Waals surface area contributed by atoms with Gasteiger partial charge in [-0.1, -0.05) is 109 Å². The fourth-order valence-electron chi connectivity index (χ4n) is 6.53. The molecule has 1 nitrogen and oxygen atoms in total. The topological polar surface area (TPSA) is 12.9 Å². The molecule has 0 unspecified atom stereocenters. The summed E-state index contributed by atoms with van der Waals surface area (Å²) in [6.07, 6.45) is 0. The molecule has 1 aliphatic carbocycles. The van der Waals surface area contributed by atoms with E-state index in [-0.39, 0.29) is 0 Å². The number of rotatable bonds is 2. The van der Waals surface area contributed by atoms with Crippen molar-refractivity contribution < 1.29 is 0 Å². The highest BCUT2D eigenvalue weighted by Gasteiger charge is 2.22. The molecule has 6 aromatic carbocycles. The molecule has 0 saturated carbocycles. The number of hydrogen-bond acceptors (Lipinski definition) is 2. The molecule has 0 radical (unpaired) electrons. The summed E-state index contributed by atoms with van der Waals surface area (Å²) < 4.78 is 2.53. The Kier molecular flexibility index (Phi) is 4.27. The van der Waals surface area contributed by atoms with Crippen molar-refractivity contribution in [3.05, 3.63) is 127 Å². The number of nitrogens with zero attached hydrogens (tertiary/aromatic N) is 1. The Balaban J connectivity index is 1.32. The van der Waals surface area contributed by atoms with Crippen molar-refractivity contribution in [2.24, 2.45) is 0 Å². The summed E-state index contributed by atoms with van der Waals surface area (Å²) in [7, 11) is 0. The van der Waals surface area contributed by atoms with Gasteiger partial charge >= 0.3 is 0 Å². The molecule has 8 aromatic rings. The van der Waals surface area contributed by atoms with Crippen LogP contribution in [0.3, 0.4) is 0 Å². The summed E-state index contributed by atoms with van der Waals surface area (Å²) in [5.41, 5.74) is 12.5. The minimum absolute atomic E-state index is 1.04. The van der Waals surface area contributed by atoms with Crippen LogP contribution in [0.4, 0.5) is 0 Å². The van der Waals surface area contributed by atoms with Gasteiger partial charge in [0.1, 0.15) is 0 Å². The van der Waals surface area contributed by atoms with Crippen LogP contribution in [0.25, 0.3) is 86.5 Å². The predicted molar refractivity (Wildman–Crippen MR) is 167 cm³/mol. The third kappa shape index (κ3) is 2.92. The van der Waals surface area contributed by atoms with Gasteiger partial charge in [0.15, 0.2) is 0 Å². The van der Waals surface area contributed by atoms with Crippen molar-refractivity contribution in [1.29, 1.82) is 0 Å². The van der Waals surface area contributed by atoms with E-state index < -0.39 is 0 Å². The van der Waals surface area contributed by atoms with Crippen LogP contribution in [0.15, 0.2) is 127 Å². The number of fused-ring (bicyclic) bond motifs is 7. The van der Waals surface area contributed by atoms with Crippen molar-refractivity contribution in [2.45, 2.75) is 0 Å². The molecule has 0 fully saturated rings. The third-order valence-electron chi connectivity index (χ3n) is 8.21. The second-order valence-electron chi connectivity index (χ2n) is 10.3. The average Bonchev–Trinajstić information content (AvgIpc) is 3.53. The Bertz CT molecular complexity index is 2260. The smallest absolute Gasteiger partial charge is 0.0902 e. The molecular formula is C37H21NS. The lowest BCUT2D eigenvalue weighted by Gasteiger charge is -2.13. The normalized spacial score (nSPS) is 12.1. The van der Waals surface area contributed by atoms with Crippen LogP contribution in [0.1, 0.15) is 0 Å². The molecule has 0 amide bonds. The summed E-state index contributed by atoms with van der Waals surface area (Å²) in [4.78, 5) is 5.13. The van der Waals surface area contributed by atoms with Gasteiger partial charge in [0.2, 0.25) is 0 Å². The molecule has 0 atom stereocenters. The lowest BCUT2D eigenvalue weighted by molar-refractivity contribution is 1.52. The quantitative estimate of drug-likeness (QED) is 0.225. The molecule has 1 aliphatic rings. The Morgan fingerprint density at radius 2 is 1.10 bits per heavy atom. The molecular weight excluding hydrogens is 490 g/mol. The van der Waals surface area contributed by atoms with Crippen molar-refractivity contribution in [3.8, 4) is 44.5 Å². The fraction of sp³-hybridized carbons (Fsp3) is 0. The van der Waals surface area contributed by atoms with E-state index in [4.69, 9.17) is 4.98 Å². The molecule has 2 aromatic heterocycles. The third-order valence-corrected chi connectivity index (χ3v) is 9.39. The first-order valence-electron chi connectivity index (χ1n) is 13.3. The van der Waals surface area contributed by atoms with Gasteiger partial charge < -0.3 is 0 Å². The zero-order valence-electron chi connectivity index (χ0n) is 21.0. The molecule has 9 rings (SSSR count). The summed E-state index contributed by atoms with van der Waals surface area (Å²) >= 11 is 1.84. The van der Waals surface area contributed by atoms with Gasteiger partial charge in [-0.15, -0.1) is 11.3 Å². The average molecular weight is 512 g/mol. The molecule has 2 heterocycles. The summed E-state index contributed by atoms with van der Waals surface area (Å²) in [5, 5.41) is 5.10. The van der Waals surface area contributed by atoms with E-state index in [1.165, 1.54) is 75.5 Å². The van der Waals surface area contributed by atoms with E-state index in [1.54, 1.807) is 0 Å². The molecule has 39 heavy (non-hydrogen) atoms. The number of pyridine rings is 1. The van der Waals surface area contributed by atoms with Crippen LogP contribution >= 0.6 is 11.3 Å². The Labute approximate surface area is 229 Å². The summed E-state index contributed by atoms with van der Waals surface area (Å²) in [5.74, 6) is 0. The fourth-order valence-corrected chi connectivity index (χ4v) is 7.75. The highest BCUT2D eigenvalue weighted by molar-refractivity contribution is 7.26. The summed E-state index contributed by atoms with van der Waals surface area (Å²) in [6, 6.07) is 46.4. The zero-order valence-corrected chi connectivity index (χ0v) is 21.8. The summed E-state index contributed by atoms with van der Waals surface area (Å²) in [6.45, 7) is 0. The number of aromatic nitrogens is 1. The maximum atomic E-state index is 5.13. The standard InChI is InChI=1S/C37H21NS/c1-2-12-26-25(11-1)28-16-8-15-27-24(19-20-29(26)35(27)28)22-9-7-10-23(21-22)34-30-13-3-5-17-32(30)38-36-31-14-4-6-18-33(31)39-37(34)36/h1-21H. The first-order valence-corrected chi connectivity index (χ1v) is 14.1. The Hall–Kier alpha value is -4.79. The van der Waals surface area contributed by atoms with Crippen LogP contribution in [0.2, 0.25) is 0 Å². The predicted octanol–water partition coefficient (Wildman–Crippen LogP) is 10.7. The van der Waals surface area contributed by atoms with Crippen LogP contribution in [-0.2, 0) is 0 Å².